The van der Waals surface area contributed by atoms with Crippen LogP contribution >= 0.6 is 11.3 Å². The zero-order valence-corrected chi connectivity index (χ0v) is 16.2. The number of thiazole rings is 1. The molecular formula is C21H21N3O2S. The molecule has 27 heavy (non-hydrogen) atoms. The van der Waals surface area contributed by atoms with Gasteiger partial charge in [-0.3, -0.25) is 9.59 Å². The van der Waals surface area contributed by atoms with E-state index in [1.54, 1.807) is 4.90 Å². The maximum absolute atomic E-state index is 12.7. The molecule has 2 heterocycles. The van der Waals surface area contributed by atoms with Crippen LogP contribution in [0.2, 0.25) is 0 Å². The van der Waals surface area contributed by atoms with Gasteiger partial charge in [0.25, 0.3) is 0 Å². The van der Waals surface area contributed by atoms with Gasteiger partial charge in [0.1, 0.15) is 0 Å². The van der Waals surface area contributed by atoms with Gasteiger partial charge in [0.15, 0.2) is 5.13 Å². The van der Waals surface area contributed by atoms with Crippen molar-refractivity contribution in [2.75, 3.05) is 16.8 Å². The van der Waals surface area contributed by atoms with Crippen molar-refractivity contribution >= 4 is 44.2 Å². The Morgan fingerprint density at radius 1 is 1.26 bits per heavy atom. The Labute approximate surface area is 162 Å². The third kappa shape index (κ3) is 3.57. The number of amides is 2. The zero-order chi connectivity index (χ0) is 19.0. The Kier molecular flexibility index (Phi) is 4.66. The van der Waals surface area contributed by atoms with Crippen LogP contribution < -0.4 is 10.2 Å². The summed E-state index contributed by atoms with van der Waals surface area (Å²) in [5.74, 6) is -0.527. The number of carbonyl (C=O) groups excluding carboxylic acids is 2. The lowest BCUT2D eigenvalue weighted by Gasteiger charge is -2.16. The highest BCUT2D eigenvalue weighted by atomic mass is 32.1. The van der Waals surface area contributed by atoms with Crippen LogP contribution in [0.5, 0.6) is 0 Å². The number of nitrogens with zero attached hydrogens (tertiary/aromatic N) is 2. The molecule has 0 saturated carbocycles. The molecule has 3 aromatic rings. The molecule has 2 aromatic carbocycles. The summed E-state index contributed by atoms with van der Waals surface area (Å²) in [5.41, 5.74) is 4.12. The quantitative estimate of drug-likeness (QED) is 0.740. The van der Waals surface area contributed by atoms with Crippen LogP contribution in [0.15, 0.2) is 42.5 Å². The second kappa shape index (κ2) is 7.12. The number of rotatable bonds is 4. The van der Waals surface area contributed by atoms with Gasteiger partial charge < -0.3 is 10.2 Å². The standard InChI is InChI=1S/C21H21N3O2S/c1-3-14-6-9-17-18(10-14)27-21(22-17)23-20(26)15-11-19(25)24(12-15)16-7-4-13(2)5-8-16/h4-10,15H,3,11-12H2,1-2H3,(H,22,23,26)/t15-/m0/s1. The minimum atomic E-state index is -0.364. The average molecular weight is 379 g/mol. The van der Waals surface area contributed by atoms with E-state index in [1.165, 1.54) is 16.9 Å². The molecule has 0 unspecified atom stereocenters. The Hall–Kier alpha value is -2.73. The zero-order valence-electron chi connectivity index (χ0n) is 15.4. The first-order valence-corrected chi connectivity index (χ1v) is 9.92. The van der Waals surface area contributed by atoms with E-state index in [1.807, 2.05) is 37.3 Å². The first-order chi connectivity index (χ1) is 13.0. The van der Waals surface area contributed by atoms with Crippen molar-refractivity contribution in [2.24, 2.45) is 5.92 Å². The molecule has 4 rings (SSSR count). The number of nitrogens with one attached hydrogen (secondary N) is 1. The third-order valence-electron chi connectivity index (χ3n) is 4.93. The molecule has 0 spiro atoms. The van der Waals surface area contributed by atoms with E-state index in [9.17, 15) is 9.59 Å². The number of anilines is 2. The lowest BCUT2D eigenvalue weighted by Crippen LogP contribution is -2.28. The van der Waals surface area contributed by atoms with Crippen LogP contribution in [0.3, 0.4) is 0 Å². The topological polar surface area (TPSA) is 62.3 Å². The second-order valence-electron chi connectivity index (χ2n) is 6.90. The van der Waals surface area contributed by atoms with Gasteiger partial charge in [-0.15, -0.1) is 0 Å². The Morgan fingerprint density at radius 3 is 2.78 bits per heavy atom. The lowest BCUT2D eigenvalue weighted by atomic mass is 10.1. The van der Waals surface area contributed by atoms with Crippen molar-refractivity contribution < 1.29 is 9.59 Å². The minimum Gasteiger partial charge on any atom is -0.312 e. The highest BCUT2D eigenvalue weighted by Crippen LogP contribution is 2.29. The van der Waals surface area contributed by atoms with Crippen molar-refractivity contribution in [2.45, 2.75) is 26.7 Å². The van der Waals surface area contributed by atoms with E-state index in [-0.39, 0.29) is 24.2 Å². The SMILES string of the molecule is CCc1ccc2nc(NC(=O)[C@H]3CC(=O)N(c4ccc(C)cc4)C3)sc2c1. The van der Waals surface area contributed by atoms with Crippen LogP contribution in [0.25, 0.3) is 10.2 Å². The molecule has 1 aliphatic rings. The van der Waals surface area contributed by atoms with Gasteiger partial charge in [-0.05, 0) is 43.2 Å². The fraction of sp³-hybridized carbons (Fsp3) is 0.286. The van der Waals surface area contributed by atoms with Gasteiger partial charge in [0.2, 0.25) is 11.8 Å². The number of fused-ring (bicyclic) bond motifs is 1. The number of aryl methyl sites for hydroxylation is 2. The van der Waals surface area contributed by atoms with Crippen LogP contribution in [0.1, 0.15) is 24.5 Å². The first kappa shape index (κ1) is 17.7. The van der Waals surface area contributed by atoms with Crippen molar-refractivity contribution in [3.8, 4) is 0 Å². The van der Waals surface area contributed by atoms with Crippen LogP contribution in [-0.4, -0.2) is 23.3 Å². The Balaban J connectivity index is 1.47. The van der Waals surface area contributed by atoms with E-state index in [0.717, 1.165) is 27.9 Å². The molecule has 1 aliphatic heterocycles. The molecule has 6 heteroatoms. The average Bonchev–Trinajstić information content (AvgIpc) is 3.24. The summed E-state index contributed by atoms with van der Waals surface area (Å²) in [5, 5.41) is 3.49. The number of hydrogen-bond donors (Lipinski definition) is 1. The maximum atomic E-state index is 12.7. The molecule has 1 saturated heterocycles. The Bertz CT molecular complexity index is 1010. The highest BCUT2D eigenvalue weighted by Gasteiger charge is 2.35. The lowest BCUT2D eigenvalue weighted by molar-refractivity contribution is -0.122. The normalized spacial score (nSPS) is 16.9. The summed E-state index contributed by atoms with van der Waals surface area (Å²) >= 11 is 1.47. The highest BCUT2D eigenvalue weighted by molar-refractivity contribution is 7.22. The monoisotopic (exact) mass is 379 g/mol. The molecule has 1 N–H and O–H groups in total. The molecule has 5 nitrogen and oxygen atoms in total. The number of benzene rings is 2. The molecular weight excluding hydrogens is 358 g/mol. The number of aromatic nitrogens is 1. The minimum absolute atomic E-state index is 0.0177. The summed E-state index contributed by atoms with van der Waals surface area (Å²) in [6.07, 6.45) is 1.19. The number of hydrogen-bond acceptors (Lipinski definition) is 4. The smallest absolute Gasteiger partial charge is 0.231 e. The van der Waals surface area contributed by atoms with Crippen molar-refractivity contribution in [3.63, 3.8) is 0 Å². The van der Waals surface area contributed by atoms with Crippen molar-refractivity contribution in [1.29, 1.82) is 0 Å². The summed E-state index contributed by atoms with van der Waals surface area (Å²) in [6.45, 7) is 4.52. The molecule has 2 amide bonds. The molecule has 1 fully saturated rings. The molecule has 0 radical (unpaired) electrons. The fourth-order valence-corrected chi connectivity index (χ4v) is 4.24. The van der Waals surface area contributed by atoms with Crippen molar-refractivity contribution in [1.82, 2.24) is 4.98 Å². The first-order valence-electron chi connectivity index (χ1n) is 9.11. The van der Waals surface area contributed by atoms with Crippen LogP contribution in [0, 0.1) is 12.8 Å². The van der Waals surface area contributed by atoms with Gasteiger partial charge in [-0.25, -0.2) is 4.98 Å². The van der Waals surface area contributed by atoms with E-state index in [4.69, 9.17) is 0 Å². The largest absolute Gasteiger partial charge is 0.312 e. The molecule has 0 bridgehead atoms. The van der Waals surface area contributed by atoms with Crippen molar-refractivity contribution in [3.05, 3.63) is 53.6 Å². The van der Waals surface area contributed by atoms with Crippen LogP contribution in [0.4, 0.5) is 10.8 Å². The fourth-order valence-electron chi connectivity index (χ4n) is 3.31. The van der Waals surface area contributed by atoms with Gasteiger partial charge in [0, 0.05) is 18.7 Å². The summed E-state index contributed by atoms with van der Waals surface area (Å²) in [7, 11) is 0. The molecule has 0 aliphatic carbocycles. The molecule has 1 atom stereocenters. The van der Waals surface area contributed by atoms with E-state index < -0.39 is 0 Å². The van der Waals surface area contributed by atoms with E-state index in [2.05, 4.69) is 29.4 Å². The third-order valence-corrected chi connectivity index (χ3v) is 5.87. The van der Waals surface area contributed by atoms with Gasteiger partial charge in [-0.2, -0.15) is 0 Å². The van der Waals surface area contributed by atoms with Crippen LogP contribution in [-0.2, 0) is 16.0 Å². The second-order valence-corrected chi connectivity index (χ2v) is 7.94. The summed E-state index contributed by atoms with van der Waals surface area (Å²) in [4.78, 5) is 31.2. The number of carbonyl (C=O) groups is 2. The summed E-state index contributed by atoms with van der Waals surface area (Å²) < 4.78 is 1.06. The predicted octanol–water partition coefficient (Wildman–Crippen LogP) is 4.16. The predicted molar refractivity (Wildman–Crippen MR) is 109 cm³/mol. The Morgan fingerprint density at radius 2 is 2.04 bits per heavy atom. The van der Waals surface area contributed by atoms with Gasteiger partial charge in [-0.1, -0.05) is 42.0 Å². The molecule has 1 aromatic heterocycles. The molecule has 138 valence electrons. The maximum Gasteiger partial charge on any atom is 0.231 e. The van der Waals surface area contributed by atoms with E-state index in [0.29, 0.717) is 11.7 Å². The van der Waals surface area contributed by atoms with E-state index >= 15 is 0 Å². The van der Waals surface area contributed by atoms with Gasteiger partial charge in [0.05, 0.1) is 16.1 Å². The summed E-state index contributed by atoms with van der Waals surface area (Å²) in [6, 6.07) is 13.9. The van der Waals surface area contributed by atoms with Gasteiger partial charge >= 0.3 is 0 Å².